The van der Waals surface area contributed by atoms with Gasteiger partial charge in [0.25, 0.3) is 5.91 Å². The summed E-state index contributed by atoms with van der Waals surface area (Å²) < 4.78 is 11.3. The fourth-order valence-electron chi connectivity index (χ4n) is 2.63. The highest BCUT2D eigenvalue weighted by atomic mass is 32.1. The molecule has 0 radical (unpaired) electrons. The zero-order chi connectivity index (χ0) is 21.8. The summed E-state index contributed by atoms with van der Waals surface area (Å²) in [6, 6.07) is 14.4. The van der Waals surface area contributed by atoms with Crippen molar-refractivity contribution in [2.75, 3.05) is 18.5 Å². The summed E-state index contributed by atoms with van der Waals surface area (Å²) in [5.41, 5.74) is 2.17. The lowest BCUT2D eigenvalue weighted by Crippen LogP contribution is -2.34. The number of benzene rings is 2. The van der Waals surface area contributed by atoms with Crippen molar-refractivity contribution in [2.45, 2.75) is 39.5 Å². The normalized spacial score (nSPS) is 10.2. The van der Waals surface area contributed by atoms with E-state index in [1.54, 1.807) is 24.3 Å². The molecule has 0 bridgehead atoms. The largest absolute Gasteiger partial charge is 0.494 e. The molecule has 0 unspecified atom stereocenters. The van der Waals surface area contributed by atoms with Crippen LogP contribution in [-0.4, -0.2) is 24.2 Å². The summed E-state index contributed by atoms with van der Waals surface area (Å²) in [5.74, 6) is 1.18. The van der Waals surface area contributed by atoms with Crippen LogP contribution in [0.3, 0.4) is 0 Å². The van der Waals surface area contributed by atoms with E-state index in [0.29, 0.717) is 24.5 Å². The van der Waals surface area contributed by atoms with Crippen molar-refractivity contribution >= 4 is 28.9 Å². The maximum absolute atomic E-state index is 12.4. The third-order valence-electron chi connectivity index (χ3n) is 4.19. The average Bonchev–Trinajstić information content (AvgIpc) is 2.72. The van der Waals surface area contributed by atoms with Gasteiger partial charge in [0.05, 0.1) is 6.61 Å². The number of carbonyl (C=O) groups is 1. The monoisotopic (exact) mass is 426 g/mol. The van der Waals surface area contributed by atoms with E-state index >= 15 is 0 Å². The Bertz CT molecular complexity index is 850. The van der Waals surface area contributed by atoms with Gasteiger partial charge in [0.15, 0.2) is 5.11 Å². The molecule has 6 heteroatoms. The zero-order valence-corrected chi connectivity index (χ0v) is 18.5. The summed E-state index contributed by atoms with van der Waals surface area (Å²) in [7, 11) is 0. The van der Waals surface area contributed by atoms with Gasteiger partial charge in [-0.1, -0.05) is 38.8 Å². The number of anilines is 1. The summed E-state index contributed by atoms with van der Waals surface area (Å²) in [6.45, 7) is 9.04. The minimum atomic E-state index is -0.281. The van der Waals surface area contributed by atoms with E-state index in [-0.39, 0.29) is 11.0 Å². The van der Waals surface area contributed by atoms with E-state index in [1.807, 2.05) is 31.2 Å². The first-order valence-corrected chi connectivity index (χ1v) is 10.6. The van der Waals surface area contributed by atoms with E-state index in [2.05, 4.69) is 24.1 Å². The Morgan fingerprint density at radius 3 is 2.50 bits per heavy atom. The Morgan fingerprint density at radius 2 is 1.80 bits per heavy atom. The molecule has 0 saturated carbocycles. The third-order valence-corrected chi connectivity index (χ3v) is 4.39. The van der Waals surface area contributed by atoms with Gasteiger partial charge in [0, 0.05) is 17.3 Å². The first-order valence-electron chi connectivity index (χ1n) is 10.2. The third kappa shape index (κ3) is 8.66. The number of rotatable bonds is 11. The van der Waals surface area contributed by atoms with Crippen molar-refractivity contribution in [3.8, 4) is 11.5 Å². The summed E-state index contributed by atoms with van der Waals surface area (Å²) in [4.78, 5) is 12.4. The minimum absolute atomic E-state index is 0.216. The topological polar surface area (TPSA) is 59.6 Å². The van der Waals surface area contributed by atoms with Gasteiger partial charge >= 0.3 is 0 Å². The van der Waals surface area contributed by atoms with Crippen LogP contribution in [0.2, 0.25) is 0 Å². The lowest BCUT2D eigenvalue weighted by atomic mass is 10.2. The van der Waals surface area contributed by atoms with E-state index in [0.717, 1.165) is 23.4 Å². The predicted octanol–water partition coefficient (Wildman–Crippen LogP) is 5.73. The number of hydrogen-bond donors (Lipinski definition) is 2. The van der Waals surface area contributed by atoms with Gasteiger partial charge in [0.2, 0.25) is 0 Å². The van der Waals surface area contributed by atoms with Crippen molar-refractivity contribution < 1.29 is 14.3 Å². The molecule has 0 aliphatic heterocycles. The van der Waals surface area contributed by atoms with Gasteiger partial charge in [-0.05, 0) is 67.5 Å². The second-order valence-electron chi connectivity index (χ2n) is 7.12. The van der Waals surface area contributed by atoms with Crippen LogP contribution in [0.1, 0.15) is 49.9 Å². The molecule has 0 fully saturated rings. The highest BCUT2D eigenvalue weighted by Gasteiger charge is 2.09. The van der Waals surface area contributed by atoms with Gasteiger partial charge in [0.1, 0.15) is 18.1 Å². The van der Waals surface area contributed by atoms with Crippen LogP contribution >= 0.6 is 12.2 Å². The molecule has 2 aromatic rings. The molecule has 0 aliphatic rings. The summed E-state index contributed by atoms with van der Waals surface area (Å²) in [6.07, 6.45) is 4.64. The predicted molar refractivity (Wildman–Crippen MR) is 127 cm³/mol. The van der Waals surface area contributed by atoms with Crippen LogP contribution in [0.5, 0.6) is 11.5 Å². The Kier molecular flexibility index (Phi) is 9.87. The van der Waals surface area contributed by atoms with E-state index < -0.39 is 0 Å². The van der Waals surface area contributed by atoms with Crippen LogP contribution in [0.15, 0.2) is 60.7 Å². The molecule has 30 heavy (non-hydrogen) atoms. The molecule has 2 N–H and O–H groups in total. The molecule has 2 rings (SSSR count). The second-order valence-corrected chi connectivity index (χ2v) is 7.52. The van der Waals surface area contributed by atoms with Gasteiger partial charge in [-0.3, -0.25) is 10.1 Å². The molecule has 2 aromatic carbocycles. The zero-order valence-electron chi connectivity index (χ0n) is 17.7. The van der Waals surface area contributed by atoms with E-state index in [9.17, 15) is 4.79 Å². The molecule has 0 spiro atoms. The van der Waals surface area contributed by atoms with Gasteiger partial charge < -0.3 is 14.8 Å². The average molecular weight is 427 g/mol. The van der Waals surface area contributed by atoms with Crippen molar-refractivity contribution in [3.63, 3.8) is 0 Å². The number of ether oxygens (including phenoxy) is 2. The van der Waals surface area contributed by atoms with Crippen LogP contribution in [0.4, 0.5) is 5.69 Å². The summed E-state index contributed by atoms with van der Waals surface area (Å²) in [5, 5.41) is 5.90. The number of unbranched alkanes of at least 4 members (excludes halogenated alkanes) is 3. The van der Waals surface area contributed by atoms with Gasteiger partial charge in [-0.25, -0.2) is 0 Å². The fourth-order valence-corrected chi connectivity index (χ4v) is 2.84. The van der Waals surface area contributed by atoms with Crippen molar-refractivity contribution in [1.29, 1.82) is 0 Å². The molecule has 160 valence electrons. The van der Waals surface area contributed by atoms with Crippen molar-refractivity contribution in [1.82, 2.24) is 5.32 Å². The molecule has 5 nitrogen and oxygen atoms in total. The number of carbonyl (C=O) groups excluding carboxylic acids is 1. The Morgan fingerprint density at radius 1 is 1.03 bits per heavy atom. The molecule has 0 aromatic heterocycles. The molecule has 1 amide bonds. The lowest BCUT2D eigenvalue weighted by molar-refractivity contribution is 0.0977. The van der Waals surface area contributed by atoms with Crippen LogP contribution in [0, 0.1) is 0 Å². The van der Waals surface area contributed by atoms with Crippen molar-refractivity contribution in [3.05, 3.63) is 66.2 Å². The first-order chi connectivity index (χ1) is 14.5. The maximum atomic E-state index is 12.4. The number of thiocarbonyl (C=S) groups is 1. The molecular formula is C24H30N2O3S. The van der Waals surface area contributed by atoms with Crippen LogP contribution in [-0.2, 0) is 0 Å². The van der Waals surface area contributed by atoms with E-state index in [1.165, 1.54) is 19.3 Å². The quantitative estimate of drug-likeness (QED) is 0.273. The number of amides is 1. The minimum Gasteiger partial charge on any atom is -0.494 e. The SMILES string of the molecule is C=C(C)COc1cccc(NC(=S)NC(=O)c2ccc(OCCCCCC)cc2)c1. The van der Waals surface area contributed by atoms with Gasteiger partial charge in [-0.2, -0.15) is 0 Å². The first kappa shape index (κ1) is 23.4. The van der Waals surface area contributed by atoms with E-state index in [4.69, 9.17) is 21.7 Å². The Balaban J connectivity index is 1.82. The molecule has 0 atom stereocenters. The Hall–Kier alpha value is -2.86. The highest BCUT2D eigenvalue weighted by Crippen LogP contribution is 2.18. The molecule has 0 heterocycles. The number of nitrogens with one attached hydrogen (secondary N) is 2. The van der Waals surface area contributed by atoms with Crippen LogP contribution in [0.25, 0.3) is 0 Å². The second kappa shape index (κ2) is 12.6. The smallest absolute Gasteiger partial charge is 0.257 e. The molecule has 0 saturated heterocycles. The Labute approximate surface area is 184 Å². The lowest BCUT2D eigenvalue weighted by Gasteiger charge is -2.12. The summed E-state index contributed by atoms with van der Waals surface area (Å²) >= 11 is 5.26. The molecule has 0 aliphatic carbocycles. The van der Waals surface area contributed by atoms with Crippen LogP contribution < -0.4 is 20.1 Å². The van der Waals surface area contributed by atoms with Crippen molar-refractivity contribution in [2.24, 2.45) is 0 Å². The standard InChI is InChI=1S/C24H30N2O3S/c1-4-5-6-7-15-28-21-13-11-19(12-14-21)23(27)26-24(30)25-20-9-8-10-22(16-20)29-17-18(2)3/h8-14,16H,2,4-7,15,17H2,1,3H3,(H2,25,26,27,30). The maximum Gasteiger partial charge on any atom is 0.257 e. The highest BCUT2D eigenvalue weighted by molar-refractivity contribution is 7.80. The fraction of sp³-hybridized carbons (Fsp3) is 0.333. The number of hydrogen-bond acceptors (Lipinski definition) is 4. The van der Waals surface area contributed by atoms with Gasteiger partial charge in [-0.15, -0.1) is 0 Å². The molecular weight excluding hydrogens is 396 g/mol.